The molecule has 0 amide bonds. The summed E-state index contributed by atoms with van der Waals surface area (Å²) in [4.78, 5) is 0. The highest BCUT2D eigenvalue weighted by Crippen LogP contribution is 2.35. The van der Waals surface area contributed by atoms with Gasteiger partial charge >= 0.3 is 0 Å². The minimum Gasteiger partial charge on any atom is -0.477 e. The van der Waals surface area contributed by atoms with Crippen molar-refractivity contribution < 1.29 is 25.2 Å². The molecule has 1 saturated heterocycles. The van der Waals surface area contributed by atoms with E-state index in [0.717, 1.165) is 22.9 Å². The van der Waals surface area contributed by atoms with Gasteiger partial charge in [-0.3, -0.25) is 0 Å². The zero-order valence-electron chi connectivity index (χ0n) is 14.7. The van der Waals surface area contributed by atoms with Crippen LogP contribution in [-0.4, -0.2) is 56.0 Å². The minimum atomic E-state index is -1.39. The first-order valence-electron chi connectivity index (χ1n) is 8.16. The maximum Gasteiger partial charge on any atom is 0.173 e. The maximum absolute atomic E-state index is 10.2. The quantitative estimate of drug-likeness (QED) is 0.387. The molecular formula is C19H28O5S. The van der Waals surface area contributed by atoms with Crippen molar-refractivity contribution in [1.29, 1.82) is 0 Å². The molecular weight excluding hydrogens is 340 g/mol. The van der Waals surface area contributed by atoms with Crippen LogP contribution in [-0.2, 0) is 4.74 Å². The normalized spacial score (nSPS) is 31.6. The Kier molecular flexibility index (Phi) is 9.24. The molecule has 4 N–H and O–H groups in total. The molecule has 1 aliphatic rings. The van der Waals surface area contributed by atoms with Gasteiger partial charge < -0.3 is 25.2 Å². The molecule has 0 aromatic heterocycles. The van der Waals surface area contributed by atoms with Gasteiger partial charge in [-0.15, -0.1) is 11.8 Å². The zero-order chi connectivity index (χ0) is 19.0. The molecule has 5 atom stereocenters. The first-order valence-corrected chi connectivity index (χ1v) is 9.10. The van der Waals surface area contributed by atoms with E-state index in [4.69, 9.17) is 4.74 Å². The van der Waals surface area contributed by atoms with Crippen LogP contribution in [0.3, 0.4) is 0 Å². The van der Waals surface area contributed by atoms with Gasteiger partial charge in [-0.2, -0.15) is 0 Å². The van der Waals surface area contributed by atoms with E-state index in [1.54, 1.807) is 6.08 Å². The average molecular weight is 368 g/mol. The summed E-state index contributed by atoms with van der Waals surface area (Å²) in [5, 5.41) is 38.7. The van der Waals surface area contributed by atoms with E-state index in [1.165, 1.54) is 6.08 Å². The Morgan fingerprint density at radius 3 is 2.24 bits per heavy atom. The van der Waals surface area contributed by atoms with E-state index in [0.29, 0.717) is 12.2 Å². The molecule has 1 heterocycles. The molecule has 25 heavy (non-hydrogen) atoms. The van der Waals surface area contributed by atoms with Crippen molar-refractivity contribution in [2.75, 3.05) is 6.61 Å². The number of rotatable bonds is 8. The highest BCUT2D eigenvalue weighted by molar-refractivity contribution is 8.00. The number of aliphatic hydroxyl groups excluding tert-OH is 4. The molecule has 140 valence electrons. The van der Waals surface area contributed by atoms with E-state index < -0.39 is 29.0 Å². The van der Waals surface area contributed by atoms with E-state index in [9.17, 15) is 20.4 Å². The fourth-order valence-corrected chi connectivity index (χ4v) is 3.73. The van der Waals surface area contributed by atoms with E-state index in [1.807, 2.05) is 32.1 Å². The Balaban J connectivity index is 3.04. The molecule has 5 unspecified atom stereocenters. The lowest BCUT2D eigenvalue weighted by Crippen LogP contribution is -2.54. The van der Waals surface area contributed by atoms with Crippen molar-refractivity contribution in [1.82, 2.24) is 0 Å². The fourth-order valence-electron chi connectivity index (χ4n) is 2.50. The van der Waals surface area contributed by atoms with Crippen molar-refractivity contribution >= 4 is 11.8 Å². The fraction of sp³-hybridized carbons (Fsp3) is 0.474. The predicted molar refractivity (Wildman–Crippen MR) is 102 cm³/mol. The van der Waals surface area contributed by atoms with Crippen LogP contribution in [0.25, 0.3) is 0 Å². The van der Waals surface area contributed by atoms with Crippen LogP contribution in [0.1, 0.15) is 20.3 Å². The smallest absolute Gasteiger partial charge is 0.173 e. The standard InChI is InChI=1S/C19H28O5S/c1-5-9-12(6-2)10-13(7-3)14(8-4)24-19-18(23)17(22)16(21)15(11-20)25-19/h5-9,15-23H,3-4,10-11H2,1-2H3/b9-5-,12-6+,14-13-. The lowest BCUT2D eigenvalue weighted by molar-refractivity contribution is -0.0993. The molecule has 0 aromatic rings. The summed E-state index contributed by atoms with van der Waals surface area (Å²) in [5.41, 5.74) is 1.02. The van der Waals surface area contributed by atoms with Gasteiger partial charge in [0, 0.05) is 6.42 Å². The van der Waals surface area contributed by atoms with Crippen molar-refractivity contribution in [2.45, 2.75) is 49.3 Å². The third-order valence-corrected chi connectivity index (χ3v) is 5.41. The zero-order valence-corrected chi connectivity index (χ0v) is 15.5. The topological polar surface area (TPSA) is 90.2 Å². The number of thioether (sulfide) groups is 1. The maximum atomic E-state index is 10.2. The van der Waals surface area contributed by atoms with Gasteiger partial charge in [0.1, 0.15) is 18.0 Å². The molecule has 0 aromatic carbocycles. The molecule has 0 bridgehead atoms. The lowest BCUT2D eigenvalue weighted by atomic mass is 10.0. The number of ether oxygens (including phenoxy) is 1. The third-order valence-electron chi connectivity index (χ3n) is 3.99. The Bertz CT molecular complexity index is 550. The molecule has 6 heteroatoms. The Morgan fingerprint density at radius 1 is 1.08 bits per heavy atom. The van der Waals surface area contributed by atoms with Gasteiger partial charge in [0.15, 0.2) is 5.44 Å². The van der Waals surface area contributed by atoms with E-state index in [2.05, 4.69) is 13.2 Å². The lowest BCUT2D eigenvalue weighted by Gasteiger charge is -2.39. The molecule has 0 spiro atoms. The van der Waals surface area contributed by atoms with Crippen molar-refractivity contribution in [3.8, 4) is 0 Å². The van der Waals surface area contributed by atoms with Gasteiger partial charge in [-0.05, 0) is 31.1 Å². The van der Waals surface area contributed by atoms with Gasteiger partial charge in [-0.25, -0.2) is 0 Å². The number of hydrogen-bond donors (Lipinski definition) is 4. The SMILES string of the molecule is C=C/C(CC(/C=C\C)=C/C)=C(\C=C)OC1SC(CO)C(O)C(O)C1O. The summed E-state index contributed by atoms with van der Waals surface area (Å²) in [6.45, 7) is 11.1. The Labute approximate surface area is 153 Å². The predicted octanol–water partition coefficient (Wildman–Crippen LogP) is 2.06. The summed E-state index contributed by atoms with van der Waals surface area (Å²) in [6.07, 6.45) is 5.77. The van der Waals surface area contributed by atoms with Gasteiger partial charge in [0.05, 0.1) is 18.0 Å². The minimum absolute atomic E-state index is 0.332. The summed E-state index contributed by atoms with van der Waals surface area (Å²) in [6, 6.07) is 0. The van der Waals surface area contributed by atoms with Crippen LogP contribution in [0.5, 0.6) is 0 Å². The van der Waals surface area contributed by atoms with Crippen molar-refractivity contribution in [3.05, 3.63) is 60.4 Å². The second-order valence-electron chi connectivity index (χ2n) is 5.65. The number of allylic oxidation sites excluding steroid dienone is 7. The second-order valence-corrected chi connectivity index (χ2v) is 7.00. The van der Waals surface area contributed by atoms with Crippen LogP contribution in [0, 0.1) is 0 Å². The summed E-state index contributed by atoms with van der Waals surface area (Å²) in [7, 11) is 0. The molecule has 1 rings (SSSR count). The first kappa shape index (κ1) is 21.7. The molecule has 0 saturated carbocycles. The summed E-state index contributed by atoms with van der Waals surface area (Å²) in [5.74, 6) is 0.440. The Morgan fingerprint density at radius 2 is 1.76 bits per heavy atom. The number of hydrogen-bond acceptors (Lipinski definition) is 6. The van der Waals surface area contributed by atoms with Gasteiger partial charge in [-0.1, -0.05) is 37.5 Å². The van der Waals surface area contributed by atoms with Crippen molar-refractivity contribution in [3.63, 3.8) is 0 Å². The Hall–Kier alpha value is -1.31. The van der Waals surface area contributed by atoms with Gasteiger partial charge in [0.25, 0.3) is 0 Å². The largest absolute Gasteiger partial charge is 0.477 e. The molecule has 1 fully saturated rings. The summed E-state index contributed by atoms with van der Waals surface area (Å²) >= 11 is 1.08. The third kappa shape index (κ3) is 5.59. The molecule has 1 aliphatic heterocycles. The molecule has 0 radical (unpaired) electrons. The van der Waals surface area contributed by atoms with Crippen LogP contribution >= 0.6 is 11.8 Å². The average Bonchev–Trinajstić information content (AvgIpc) is 2.63. The van der Waals surface area contributed by atoms with Crippen molar-refractivity contribution in [2.24, 2.45) is 0 Å². The van der Waals surface area contributed by atoms with E-state index in [-0.39, 0.29) is 6.61 Å². The van der Waals surface area contributed by atoms with Crippen LogP contribution in [0.4, 0.5) is 0 Å². The highest BCUT2D eigenvalue weighted by Gasteiger charge is 2.44. The van der Waals surface area contributed by atoms with Crippen LogP contribution in [0.15, 0.2) is 60.4 Å². The highest BCUT2D eigenvalue weighted by atomic mass is 32.2. The van der Waals surface area contributed by atoms with Crippen LogP contribution < -0.4 is 0 Å². The molecule has 5 nitrogen and oxygen atoms in total. The second kappa shape index (κ2) is 10.6. The molecule has 0 aliphatic carbocycles. The first-order chi connectivity index (χ1) is 11.9. The number of aliphatic hydroxyl groups is 4. The summed E-state index contributed by atoms with van der Waals surface area (Å²) < 4.78 is 5.85. The van der Waals surface area contributed by atoms with Gasteiger partial charge in [0.2, 0.25) is 0 Å². The monoisotopic (exact) mass is 368 g/mol. The van der Waals surface area contributed by atoms with Crippen LogP contribution in [0.2, 0.25) is 0 Å². The van der Waals surface area contributed by atoms with E-state index >= 15 is 0 Å².